The summed E-state index contributed by atoms with van der Waals surface area (Å²) in [6.45, 7) is 5.82. The quantitative estimate of drug-likeness (QED) is 0.659. The fraction of sp³-hybridized carbons (Fsp3) is 0.312. The summed E-state index contributed by atoms with van der Waals surface area (Å²) >= 11 is 0. The Balaban J connectivity index is 2.45. The number of alkyl halides is 3. The van der Waals surface area contributed by atoms with Gasteiger partial charge in [0.1, 0.15) is 11.5 Å². The molecule has 2 aromatic rings. The Morgan fingerprint density at radius 1 is 0.905 bits per heavy atom. The number of benzene rings is 1. The maximum atomic E-state index is 13.7. The minimum atomic E-state index is -4.48. The molecule has 0 saturated heterocycles. The Morgan fingerprint density at radius 2 is 1.57 bits per heavy atom. The van der Waals surface area contributed by atoms with Crippen molar-refractivity contribution in [2.45, 2.75) is 32.4 Å². The normalized spacial score (nSPS) is 12.5. The van der Waals surface area contributed by atoms with Crippen LogP contribution in [0.3, 0.4) is 0 Å². The van der Waals surface area contributed by atoms with Crippen LogP contribution < -0.4 is 0 Å². The standard InChI is InChI=1S/C16H15F4N/c1-15(2,3)12-6-11(7-13(17)8-12)10-4-5-14(21-9-10)16(18,19)20/h4-9H,1-3H3. The third-order valence-corrected chi connectivity index (χ3v) is 3.15. The SMILES string of the molecule is CC(C)(C)c1cc(F)cc(-c2ccc(C(F)(F)F)nc2)c1. The Hall–Kier alpha value is -1.91. The summed E-state index contributed by atoms with van der Waals surface area (Å²) < 4.78 is 51.2. The predicted molar refractivity (Wildman–Crippen MR) is 73.3 cm³/mol. The van der Waals surface area contributed by atoms with E-state index in [-0.39, 0.29) is 5.41 Å². The van der Waals surface area contributed by atoms with Crippen LogP contribution in [0.5, 0.6) is 0 Å². The van der Waals surface area contributed by atoms with Crippen molar-refractivity contribution < 1.29 is 17.6 Å². The van der Waals surface area contributed by atoms with E-state index in [2.05, 4.69) is 4.98 Å². The molecule has 1 heterocycles. The molecule has 0 amide bonds. The van der Waals surface area contributed by atoms with Gasteiger partial charge in [-0.3, -0.25) is 4.98 Å². The van der Waals surface area contributed by atoms with Crippen molar-refractivity contribution in [2.75, 3.05) is 0 Å². The lowest BCUT2D eigenvalue weighted by Gasteiger charge is -2.20. The van der Waals surface area contributed by atoms with Gasteiger partial charge in [0.15, 0.2) is 0 Å². The van der Waals surface area contributed by atoms with Crippen molar-refractivity contribution >= 4 is 0 Å². The fourth-order valence-corrected chi connectivity index (χ4v) is 1.92. The number of aromatic nitrogens is 1. The maximum absolute atomic E-state index is 13.7. The number of nitrogens with zero attached hydrogens (tertiary/aromatic N) is 1. The van der Waals surface area contributed by atoms with Gasteiger partial charge in [-0.1, -0.05) is 32.9 Å². The van der Waals surface area contributed by atoms with Gasteiger partial charge in [-0.15, -0.1) is 0 Å². The Kier molecular flexibility index (Phi) is 3.78. The first-order chi connectivity index (χ1) is 9.57. The molecule has 0 saturated carbocycles. The van der Waals surface area contributed by atoms with E-state index in [4.69, 9.17) is 0 Å². The average Bonchev–Trinajstić information content (AvgIpc) is 2.36. The molecule has 0 aliphatic rings. The summed E-state index contributed by atoms with van der Waals surface area (Å²) in [7, 11) is 0. The topological polar surface area (TPSA) is 12.9 Å². The van der Waals surface area contributed by atoms with E-state index in [1.807, 2.05) is 20.8 Å². The number of hydrogen-bond acceptors (Lipinski definition) is 1. The molecule has 2 rings (SSSR count). The van der Waals surface area contributed by atoms with E-state index < -0.39 is 17.7 Å². The minimum absolute atomic E-state index is 0.254. The van der Waals surface area contributed by atoms with Gasteiger partial charge >= 0.3 is 6.18 Å². The van der Waals surface area contributed by atoms with Crippen LogP contribution in [0.1, 0.15) is 32.0 Å². The molecule has 0 atom stereocenters. The molecule has 1 aromatic heterocycles. The first kappa shape index (κ1) is 15.5. The Labute approximate surface area is 120 Å². The van der Waals surface area contributed by atoms with Crippen LogP contribution in [0.4, 0.5) is 17.6 Å². The largest absolute Gasteiger partial charge is 0.433 e. The smallest absolute Gasteiger partial charge is 0.251 e. The fourth-order valence-electron chi connectivity index (χ4n) is 1.92. The van der Waals surface area contributed by atoms with Crippen LogP contribution in [0.15, 0.2) is 36.5 Å². The van der Waals surface area contributed by atoms with E-state index >= 15 is 0 Å². The molecule has 1 nitrogen and oxygen atoms in total. The zero-order valence-corrected chi connectivity index (χ0v) is 11.9. The molecule has 0 radical (unpaired) electrons. The van der Waals surface area contributed by atoms with Crippen LogP contribution in [0, 0.1) is 5.82 Å². The molecule has 0 N–H and O–H groups in total. The highest BCUT2D eigenvalue weighted by molar-refractivity contribution is 5.64. The molecular formula is C16H15F4N. The van der Waals surface area contributed by atoms with Gasteiger partial charge in [0.2, 0.25) is 0 Å². The van der Waals surface area contributed by atoms with Crippen molar-refractivity contribution in [2.24, 2.45) is 0 Å². The van der Waals surface area contributed by atoms with Gasteiger partial charge in [-0.25, -0.2) is 4.39 Å². The Bertz CT molecular complexity index is 637. The highest BCUT2D eigenvalue weighted by Crippen LogP contribution is 2.31. The molecule has 21 heavy (non-hydrogen) atoms. The van der Waals surface area contributed by atoms with Crippen LogP contribution in [-0.4, -0.2) is 4.98 Å². The second-order valence-electron chi connectivity index (χ2n) is 5.91. The van der Waals surface area contributed by atoms with Crippen molar-refractivity contribution in [1.29, 1.82) is 0 Å². The molecule has 0 fully saturated rings. The first-order valence-electron chi connectivity index (χ1n) is 6.42. The summed E-state index contributed by atoms with van der Waals surface area (Å²) in [5, 5.41) is 0. The lowest BCUT2D eigenvalue weighted by Crippen LogP contribution is -2.11. The number of pyridine rings is 1. The Morgan fingerprint density at radius 3 is 2.05 bits per heavy atom. The van der Waals surface area contributed by atoms with Gasteiger partial charge in [0.05, 0.1) is 0 Å². The summed E-state index contributed by atoms with van der Waals surface area (Å²) in [5.74, 6) is -0.419. The van der Waals surface area contributed by atoms with Gasteiger partial charge in [-0.05, 0) is 34.7 Å². The monoisotopic (exact) mass is 297 g/mol. The van der Waals surface area contributed by atoms with Crippen LogP contribution in [-0.2, 0) is 11.6 Å². The molecule has 1 aromatic carbocycles. The van der Waals surface area contributed by atoms with E-state index in [1.54, 1.807) is 6.07 Å². The van der Waals surface area contributed by atoms with Crippen molar-refractivity contribution in [1.82, 2.24) is 4.98 Å². The van der Waals surface area contributed by atoms with Gasteiger partial charge in [0.25, 0.3) is 0 Å². The number of hydrogen-bond donors (Lipinski definition) is 0. The second-order valence-corrected chi connectivity index (χ2v) is 5.91. The van der Waals surface area contributed by atoms with Crippen LogP contribution in [0.25, 0.3) is 11.1 Å². The summed E-state index contributed by atoms with van der Waals surface area (Å²) in [5.41, 5.74) is 0.529. The molecule has 112 valence electrons. The minimum Gasteiger partial charge on any atom is -0.251 e. The number of rotatable bonds is 1. The van der Waals surface area contributed by atoms with Crippen LogP contribution in [0.2, 0.25) is 0 Å². The van der Waals surface area contributed by atoms with Crippen molar-refractivity contribution in [3.63, 3.8) is 0 Å². The molecule has 0 spiro atoms. The van der Waals surface area contributed by atoms with Gasteiger partial charge < -0.3 is 0 Å². The van der Waals surface area contributed by atoms with Gasteiger partial charge in [0, 0.05) is 11.8 Å². The summed E-state index contributed by atoms with van der Waals surface area (Å²) in [6.07, 6.45) is -3.36. The van der Waals surface area contributed by atoms with Crippen molar-refractivity contribution in [3.8, 4) is 11.1 Å². The molecular weight excluding hydrogens is 282 g/mol. The highest BCUT2D eigenvalue weighted by Gasteiger charge is 2.32. The molecule has 5 heteroatoms. The van der Waals surface area contributed by atoms with E-state index in [1.165, 1.54) is 18.2 Å². The summed E-state index contributed by atoms with van der Waals surface area (Å²) in [4.78, 5) is 3.40. The average molecular weight is 297 g/mol. The lowest BCUT2D eigenvalue weighted by atomic mass is 9.85. The van der Waals surface area contributed by atoms with E-state index in [0.717, 1.165) is 17.8 Å². The zero-order valence-electron chi connectivity index (χ0n) is 11.9. The third-order valence-electron chi connectivity index (χ3n) is 3.15. The maximum Gasteiger partial charge on any atom is 0.433 e. The highest BCUT2D eigenvalue weighted by atomic mass is 19.4. The van der Waals surface area contributed by atoms with Crippen molar-refractivity contribution in [3.05, 3.63) is 53.6 Å². The predicted octanol–water partition coefficient (Wildman–Crippen LogP) is 5.20. The summed E-state index contributed by atoms with van der Waals surface area (Å²) in [6, 6.07) is 6.70. The molecule has 0 aliphatic carbocycles. The van der Waals surface area contributed by atoms with E-state index in [0.29, 0.717) is 11.1 Å². The lowest BCUT2D eigenvalue weighted by molar-refractivity contribution is -0.141. The zero-order chi connectivity index (χ0) is 15.8. The number of halogens is 4. The molecule has 0 bridgehead atoms. The first-order valence-corrected chi connectivity index (χ1v) is 6.42. The molecule has 0 aliphatic heterocycles. The molecule has 0 unspecified atom stereocenters. The second kappa shape index (κ2) is 5.13. The van der Waals surface area contributed by atoms with Gasteiger partial charge in [-0.2, -0.15) is 13.2 Å². The third kappa shape index (κ3) is 3.60. The van der Waals surface area contributed by atoms with E-state index in [9.17, 15) is 17.6 Å². The van der Waals surface area contributed by atoms with Crippen LogP contribution >= 0.6 is 0 Å².